The van der Waals surface area contributed by atoms with Crippen molar-refractivity contribution in [3.63, 3.8) is 0 Å². The minimum atomic E-state index is -0.0904. The first-order valence-electron chi connectivity index (χ1n) is 8.82. The van der Waals surface area contributed by atoms with E-state index in [1.165, 1.54) is 0 Å². The lowest BCUT2D eigenvalue weighted by Gasteiger charge is -2.11. The number of ether oxygens (including phenoxy) is 1. The number of unbranched alkanes of at least 4 members (excludes halogenated alkanes) is 3. The minimum absolute atomic E-state index is 0. The van der Waals surface area contributed by atoms with E-state index < -0.39 is 0 Å². The van der Waals surface area contributed by atoms with Crippen LogP contribution in [0.4, 0.5) is 0 Å². The fourth-order valence-electron chi connectivity index (χ4n) is 2.25. The molecule has 0 aliphatic carbocycles. The highest BCUT2D eigenvalue weighted by Gasteiger charge is 2.02. The molecule has 0 bridgehead atoms. The van der Waals surface area contributed by atoms with E-state index in [9.17, 15) is 4.79 Å². The maximum atomic E-state index is 11.2. The second-order valence-electron chi connectivity index (χ2n) is 5.54. The Morgan fingerprint density at radius 1 is 1.24 bits per heavy atom. The van der Waals surface area contributed by atoms with E-state index in [0.717, 1.165) is 50.4 Å². The molecule has 2 N–H and O–H groups in total. The van der Waals surface area contributed by atoms with Gasteiger partial charge in [0.15, 0.2) is 5.96 Å². The van der Waals surface area contributed by atoms with Gasteiger partial charge in [0, 0.05) is 32.8 Å². The van der Waals surface area contributed by atoms with Gasteiger partial charge in [0.25, 0.3) is 0 Å². The van der Waals surface area contributed by atoms with Crippen molar-refractivity contribution in [2.45, 2.75) is 52.5 Å². The molecule has 1 heterocycles. The number of nitrogens with one attached hydrogen (secondary N) is 2. The number of aliphatic imine (C=N–C) groups is 1. The predicted octanol–water partition coefficient (Wildman–Crippen LogP) is 2.61. The molecule has 0 unspecified atom stereocenters. The lowest BCUT2D eigenvalue weighted by atomic mass is 10.1. The number of esters is 1. The number of carbonyl (C=O) groups is 1. The summed E-state index contributed by atoms with van der Waals surface area (Å²) in [6, 6.07) is 1.97. The Labute approximate surface area is 168 Å². The summed E-state index contributed by atoms with van der Waals surface area (Å²) in [5, 5.41) is 10.7. The van der Waals surface area contributed by atoms with Crippen molar-refractivity contribution in [1.82, 2.24) is 20.4 Å². The summed E-state index contributed by atoms with van der Waals surface area (Å²) in [6.07, 6.45) is 6.39. The van der Waals surface area contributed by atoms with Gasteiger partial charge in [-0.15, -0.1) is 24.0 Å². The van der Waals surface area contributed by atoms with E-state index in [-0.39, 0.29) is 29.9 Å². The average Bonchev–Trinajstić information content (AvgIpc) is 2.97. The van der Waals surface area contributed by atoms with Gasteiger partial charge < -0.3 is 15.4 Å². The molecule has 0 amide bonds. The lowest BCUT2D eigenvalue weighted by molar-refractivity contribution is -0.143. The van der Waals surface area contributed by atoms with E-state index in [2.05, 4.69) is 27.6 Å². The molecule has 0 saturated heterocycles. The Balaban J connectivity index is 0.00000576. The number of hydrogen-bond acceptors (Lipinski definition) is 4. The summed E-state index contributed by atoms with van der Waals surface area (Å²) in [5.41, 5.74) is 1.08. The zero-order chi connectivity index (χ0) is 17.6. The maximum absolute atomic E-state index is 11.2. The Kier molecular flexibility index (Phi) is 14.2. The smallest absolute Gasteiger partial charge is 0.305 e. The third-order valence-electron chi connectivity index (χ3n) is 3.57. The largest absolute Gasteiger partial charge is 0.466 e. The monoisotopic (exact) mass is 465 g/mol. The van der Waals surface area contributed by atoms with E-state index in [1.54, 1.807) is 6.20 Å². The number of aromatic nitrogens is 2. The molecule has 1 aromatic rings. The first-order chi connectivity index (χ1) is 11.7. The molecule has 0 atom stereocenters. The second-order valence-corrected chi connectivity index (χ2v) is 5.54. The molecule has 0 aliphatic rings. The molecule has 7 nitrogen and oxygen atoms in total. The van der Waals surface area contributed by atoms with Crippen molar-refractivity contribution in [1.29, 1.82) is 0 Å². The molecular weight excluding hydrogens is 433 g/mol. The van der Waals surface area contributed by atoms with Gasteiger partial charge >= 0.3 is 5.97 Å². The number of nitrogens with zero attached hydrogens (tertiary/aromatic N) is 3. The molecule has 0 aromatic carbocycles. The second kappa shape index (κ2) is 15.0. The number of carbonyl (C=O) groups excluding carboxylic acids is 1. The van der Waals surface area contributed by atoms with Gasteiger partial charge in [0.05, 0.1) is 18.8 Å². The van der Waals surface area contributed by atoms with Crippen LogP contribution in [0.25, 0.3) is 0 Å². The van der Waals surface area contributed by atoms with E-state index in [1.807, 2.05) is 24.7 Å². The topological polar surface area (TPSA) is 80.5 Å². The van der Waals surface area contributed by atoms with Crippen LogP contribution in [0.5, 0.6) is 0 Å². The highest BCUT2D eigenvalue weighted by molar-refractivity contribution is 14.0. The van der Waals surface area contributed by atoms with Crippen molar-refractivity contribution in [2.75, 3.05) is 19.7 Å². The zero-order valence-electron chi connectivity index (χ0n) is 15.6. The highest BCUT2D eigenvalue weighted by Crippen LogP contribution is 2.03. The Morgan fingerprint density at radius 3 is 2.64 bits per heavy atom. The minimum Gasteiger partial charge on any atom is -0.466 e. The third kappa shape index (κ3) is 11.0. The van der Waals surface area contributed by atoms with E-state index in [4.69, 9.17) is 4.74 Å². The molecule has 144 valence electrons. The van der Waals surface area contributed by atoms with Gasteiger partial charge in [-0.05, 0) is 32.8 Å². The van der Waals surface area contributed by atoms with Gasteiger partial charge in [-0.1, -0.05) is 12.8 Å². The van der Waals surface area contributed by atoms with Gasteiger partial charge in [0.2, 0.25) is 0 Å². The predicted molar refractivity (Wildman–Crippen MR) is 111 cm³/mol. The molecular formula is C17H32IN5O2. The van der Waals surface area contributed by atoms with Crippen molar-refractivity contribution >= 4 is 35.9 Å². The molecule has 25 heavy (non-hydrogen) atoms. The summed E-state index contributed by atoms with van der Waals surface area (Å²) in [7, 11) is 1.92. The van der Waals surface area contributed by atoms with Crippen LogP contribution in [-0.4, -0.2) is 41.4 Å². The van der Waals surface area contributed by atoms with Crippen LogP contribution in [0, 0.1) is 0 Å². The SMILES string of the molecule is CCNC(=NCc1ccnn1C)NCCCCCCC(=O)OCC.I. The van der Waals surface area contributed by atoms with Crippen molar-refractivity contribution in [3.05, 3.63) is 18.0 Å². The normalized spacial score (nSPS) is 10.9. The Hall–Kier alpha value is -1.32. The molecule has 0 fully saturated rings. The van der Waals surface area contributed by atoms with Crippen LogP contribution < -0.4 is 10.6 Å². The average molecular weight is 465 g/mol. The molecule has 0 spiro atoms. The summed E-state index contributed by atoms with van der Waals surface area (Å²) in [6.45, 7) is 6.66. The number of halogens is 1. The van der Waals surface area contributed by atoms with Crippen molar-refractivity contribution < 1.29 is 9.53 Å². The van der Waals surface area contributed by atoms with Gasteiger partial charge in [-0.3, -0.25) is 9.48 Å². The van der Waals surface area contributed by atoms with Crippen LogP contribution in [0.1, 0.15) is 51.6 Å². The molecule has 0 saturated carbocycles. The number of guanidine groups is 1. The molecule has 0 aliphatic heterocycles. The van der Waals surface area contributed by atoms with Crippen LogP contribution in [-0.2, 0) is 23.1 Å². The number of hydrogen-bond donors (Lipinski definition) is 2. The van der Waals surface area contributed by atoms with E-state index in [0.29, 0.717) is 19.6 Å². The summed E-state index contributed by atoms with van der Waals surface area (Å²) >= 11 is 0. The van der Waals surface area contributed by atoms with Crippen LogP contribution in [0.2, 0.25) is 0 Å². The Morgan fingerprint density at radius 2 is 2.00 bits per heavy atom. The first kappa shape index (κ1) is 23.7. The van der Waals surface area contributed by atoms with Crippen LogP contribution in [0.15, 0.2) is 17.3 Å². The first-order valence-corrected chi connectivity index (χ1v) is 8.82. The van der Waals surface area contributed by atoms with Crippen molar-refractivity contribution in [2.24, 2.45) is 12.0 Å². The van der Waals surface area contributed by atoms with Gasteiger partial charge in [-0.2, -0.15) is 5.10 Å². The molecule has 1 aromatic heterocycles. The zero-order valence-corrected chi connectivity index (χ0v) is 17.9. The molecule has 1 rings (SSSR count). The number of rotatable bonds is 11. The summed E-state index contributed by atoms with van der Waals surface area (Å²) in [5.74, 6) is 0.734. The summed E-state index contributed by atoms with van der Waals surface area (Å²) in [4.78, 5) is 15.8. The molecule has 8 heteroatoms. The van der Waals surface area contributed by atoms with Crippen LogP contribution >= 0.6 is 24.0 Å². The summed E-state index contributed by atoms with van der Waals surface area (Å²) < 4.78 is 6.74. The van der Waals surface area contributed by atoms with Crippen LogP contribution in [0.3, 0.4) is 0 Å². The highest BCUT2D eigenvalue weighted by atomic mass is 127. The fourth-order valence-corrected chi connectivity index (χ4v) is 2.25. The lowest BCUT2D eigenvalue weighted by Crippen LogP contribution is -2.37. The fraction of sp³-hybridized carbons (Fsp3) is 0.706. The van der Waals surface area contributed by atoms with Gasteiger partial charge in [0.1, 0.15) is 0 Å². The number of aryl methyl sites for hydroxylation is 1. The van der Waals surface area contributed by atoms with Gasteiger partial charge in [-0.25, -0.2) is 4.99 Å². The van der Waals surface area contributed by atoms with E-state index >= 15 is 0 Å². The van der Waals surface area contributed by atoms with Crippen molar-refractivity contribution in [3.8, 4) is 0 Å². The molecule has 0 radical (unpaired) electrons. The standard InChI is InChI=1S/C17H31N5O2.HI/c1-4-18-17(20-14-15-11-13-21-22(15)3)19-12-9-7-6-8-10-16(23)24-5-2;/h11,13H,4-10,12,14H2,1-3H3,(H2,18,19,20);1H. The quantitative estimate of drug-likeness (QED) is 0.173. The third-order valence-corrected chi connectivity index (χ3v) is 3.57. The Bertz CT molecular complexity index is 505. The maximum Gasteiger partial charge on any atom is 0.305 e.